The minimum absolute atomic E-state index is 0.00281. The zero-order chi connectivity index (χ0) is 16.7. The molecule has 0 saturated carbocycles. The number of esters is 1. The molecule has 0 aromatic carbocycles. The maximum Gasteiger partial charge on any atom is 0.415 e. The summed E-state index contributed by atoms with van der Waals surface area (Å²) in [5.41, 5.74) is 0.00281. The average Bonchev–Trinajstić information content (AvgIpc) is 2.47. The Hall–Kier alpha value is -1.81. The SMILES string of the molecule is CCOC(=O)NC(=O)N(S)c1nc(C(=O)OCC)ccc1Br. The molecule has 0 spiro atoms. The molecule has 120 valence electrons. The van der Waals surface area contributed by atoms with Crippen LogP contribution in [0.25, 0.3) is 0 Å². The number of thiol groups is 1. The quantitative estimate of drug-likeness (QED) is 0.604. The largest absolute Gasteiger partial charge is 0.461 e. The highest BCUT2D eigenvalue weighted by Gasteiger charge is 2.21. The van der Waals surface area contributed by atoms with Crippen molar-refractivity contribution in [2.24, 2.45) is 0 Å². The van der Waals surface area contributed by atoms with Crippen LogP contribution in [-0.4, -0.2) is 36.3 Å². The lowest BCUT2D eigenvalue weighted by molar-refractivity contribution is 0.0519. The standard InChI is InChI=1S/C12H14BrN3O5S/c1-3-20-10(17)8-6-5-7(13)9(14-8)16(22)11(18)15-12(19)21-4-2/h5-6,22H,3-4H2,1-2H3,(H,15,18,19). The number of carbonyl (C=O) groups is 3. The summed E-state index contributed by atoms with van der Waals surface area (Å²) in [6.07, 6.45) is -0.913. The van der Waals surface area contributed by atoms with Crippen LogP contribution in [0.3, 0.4) is 0 Å². The summed E-state index contributed by atoms with van der Waals surface area (Å²) < 4.78 is 10.6. The average molecular weight is 392 g/mol. The number of nitrogens with zero attached hydrogens (tertiary/aromatic N) is 2. The molecular weight excluding hydrogens is 378 g/mol. The second-order valence-corrected chi connectivity index (χ2v) is 4.94. The van der Waals surface area contributed by atoms with Gasteiger partial charge in [-0.05, 0) is 41.9 Å². The molecule has 0 saturated heterocycles. The predicted octanol–water partition coefficient (Wildman–Crippen LogP) is 2.54. The molecule has 1 aromatic rings. The second kappa shape index (κ2) is 8.59. The molecule has 1 aromatic heterocycles. The number of hydrogen-bond acceptors (Lipinski definition) is 7. The zero-order valence-corrected chi connectivity index (χ0v) is 14.3. The van der Waals surface area contributed by atoms with E-state index in [2.05, 4.69) is 38.5 Å². The fourth-order valence-corrected chi connectivity index (χ4v) is 2.04. The molecule has 0 fully saturated rings. The first kappa shape index (κ1) is 18.2. The number of aromatic nitrogens is 1. The number of carbonyl (C=O) groups excluding carboxylic acids is 3. The number of nitrogens with one attached hydrogen (secondary N) is 1. The van der Waals surface area contributed by atoms with E-state index in [4.69, 9.17) is 4.74 Å². The minimum atomic E-state index is -0.913. The highest BCUT2D eigenvalue weighted by Crippen LogP contribution is 2.26. The maximum atomic E-state index is 11.8. The van der Waals surface area contributed by atoms with Crippen molar-refractivity contribution in [2.75, 3.05) is 17.5 Å². The van der Waals surface area contributed by atoms with Crippen molar-refractivity contribution in [3.8, 4) is 0 Å². The van der Waals surface area contributed by atoms with Gasteiger partial charge in [0.15, 0.2) is 11.5 Å². The zero-order valence-electron chi connectivity index (χ0n) is 11.8. The van der Waals surface area contributed by atoms with Crippen molar-refractivity contribution < 1.29 is 23.9 Å². The fraction of sp³-hybridized carbons (Fsp3) is 0.333. The van der Waals surface area contributed by atoms with Crippen molar-refractivity contribution >= 4 is 52.7 Å². The van der Waals surface area contributed by atoms with Gasteiger partial charge < -0.3 is 9.47 Å². The molecule has 3 amide bonds. The number of hydrogen-bond donors (Lipinski definition) is 2. The number of amides is 3. The van der Waals surface area contributed by atoms with Gasteiger partial charge in [-0.25, -0.2) is 29.0 Å². The van der Waals surface area contributed by atoms with Gasteiger partial charge in [-0.15, -0.1) is 0 Å². The van der Waals surface area contributed by atoms with Crippen LogP contribution in [0, 0.1) is 0 Å². The normalized spacial score (nSPS) is 9.82. The van der Waals surface area contributed by atoms with Crippen molar-refractivity contribution in [2.45, 2.75) is 13.8 Å². The first-order chi connectivity index (χ1) is 10.4. The first-order valence-electron chi connectivity index (χ1n) is 6.21. The summed E-state index contributed by atoms with van der Waals surface area (Å²) in [5.74, 6) is -0.612. The van der Waals surface area contributed by atoms with Crippen LogP contribution in [0.15, 0.2) is 16.6 Å². The number of anilines is 1. The third-order valence-electron chi connectivity index (χ3n) is 2.19. The van der Waals surface area contributed by atoms with E-state index in [-0.39, 0.29) is 24.7 Å². The monoisotopic (exact) mass is 391 g/mol. The Morgan fingerprint density at radius 3 is 2.50 bits per heavy atom. The van der Waals surface area contributed by atoms with Crippen molar-refractivity contribution in [3.05, 3.63) is 22.3 Å². The molecule has 0 unspecified atom stereocenters. The van der Waals surface area contributed by atoms with Crippen LogP contribution in [0.2, 0.25) is 0 Å². The van der Waals surface area contributed by atoms with Crippen LogP contribution in [0.4, 0.5) is 15.4 Å². The van der Waals surface area contributed by atoms with Crippen molar-refractivity contribution in [1.29, 1.82) is 0 Å². The van der Waals surface area contributed by atoms with Gasteiger partial charge >= 0.3 is 18.1 Å². The summed E-state index contributed by atoms with van der Waals surface area (Å²) in [4.78, 5) is 38.7. The van der Waals surface area contributed by atoms with Gasteiger partial charge in [-0.1, -0.05) is 12.8 Å². The van der Waals surface area contributed by atoms with Gasteiger partial charge in [-0.3, -0.25) is 0 Å². The van der Waals surface area contributed by atoms with E-state index in [1.165, 1.54) is 12.1 Å². The van der Waals surface area contributed by atoms with E-state index >= 15 is 0 Å². The topological polar surface area (TPSA) is 97.8 Å². The molecule has 1 rings (SSSR count). The molecule has 10 heteroatoms. The Labute approximate surface area is 140 Å². The Balaban J connectivity index is 2.94. The number of urea groups is 1. The number of rotatable bonds is 4. The molecule has 1 heterocycles. The van der Waals surface area contributed by atoms with Gasteiger partial charge in [0.25, 0.3) is 0 Å². The van der Waals surface area contributed by atoms with Gasteiger partial charge in [0.05, 0.1) is 17.7 Å². The predicted molar refractivity (Wildman–Crippen MR) is 84.9 cm³/mol. The van der Waals surface area contributed by atoms with E-state index < -0.39 is 18.1 Å². The van der Waals surface area contributed by atoms with E-state index in [0.717, 1.165) is 4.31 Å². The van der Waals surface area contributed by atoms with Crippen LogP contribution in [0.1, 0.15) is 24.3 Å². The Morgan fingerprint density at radius 2 is 1.91 bits per heavy atom. The number of halogens is 1. The Kier molecular flexibility index (Phi) is 7.12. The molecular formula is C12H14BrN3O5S. The first-order valence-corrected chi connectivity index (χ1v) is 7.40. The fourth-order valence-electron chi connectivity index (χ4n) is 1.30. The molecule has 0 atom stereocenters. The van der Waals surface area contributed by atoms with Gasteiger partial charge in [0.1, 0.15) is 0 Å². The summed E-state index contributed by atoms with van der Waals surface area (Å²) in [6.45, 7) is 3.57. The number of pyridine rings is 1. The number of alkyl carbamates (subject to hydrolysis) is 1. The summed E-state index contributed by atoms with van der Waals surface area (Å²) in [5, 5.41) is 1.95. The highest BCUT2D eigenvalue weighted by atomic mass is 79.9. The Bertz CT molecular complexity index is 584. The number of imide groups is 1. The van der Waals surface area contributed by atoms with Gasteiger partial charge in [0.2, 0.25) is 0 Å². The van der Waals surface area contributed by atoms with Crippen molar-refractivity contribution in [3.63, 3.8) is 0 Å². The summed E-state index contributed by atoms with van der Waals surface area (Å²) in [6, 6.07) is 2.06. The molecule has 22 heavy (non-hydrogen) atoms. The van der Waals surface area contributed by atoms with Crippen molar-refractivity contribution in [1.82, 2.24) is 10.3 Å². The second-order valence-electron chi connectivity index (χ2n) is 3.68. The molecule has 0 aliphatic heterocycles. The van der Waals surface area contributed by atoms with Crippen LogP contribution in [-0.2, 0) is 9.47 Å². The smallest absolute Gasteiger partial charge is 0.415 e. The van der Waals surface area contributed by atoms with E-state index in [1.807, 2.05) is 5.32 Å². The molecule has 0 aliphatic carbocycles. The van der Waals surface area contributed by atoms with E-state index in [1.54, 1.807) is 13.8 Å². The van der Waals surface area contributed by atoms with Gasteiger partial charge in [0, 0.05) is 0 Å². The lowest BCUT2D eigenvalue weighted by Crippen LogP contribution is -2.39. The number of ether oxygens (including phenoxy) is 2. The third kappa shape index (κ3) is 4.88. The van der Waals surface area contributed by atoms with Crippen LogP contribution >= 0.6 is 28.7 Å². The van der Waals surface area contributed by atoms with Crippen LogP contribution < -0.4 is 9.62 Å². The molecule has 8 nitrogen and oxygen atoms in total. The van der Waals surface area contributed by atoms with E-state index in [0.29, 0.717) is 4.47 Å². The molecule has 0 radical (unpaired) electrons. The minimum Gasteiger partial charge on any atom is -0.461 e. The van der Waals surface area contributed by atoms with Crippen LogP contribution in [0.5, 0.6) is 0 Å². The van der Waals surface area contributed by atoms with Gasteiger partial charge in [-0.2, -0.15) is 0 Å². The Morgan fingerprint density at radius 1 is 1.27 bits per heavy atom. The molecule has 0 aliphatic rings. The maximum absolute atomic E-state index is 11.8. The lowest BCUT2D eigenvalue weighted by Gasteiger charge is -2.16. The third-order valence-corrected chi connectivity index (χ3v) is 3.18. The molecule has 1 N–H and O–H groups in total. The summed E-state index contributed by atoms with van der Waals surface area (Å²) >= 11 is 7.15. The summed E-state index contributed by atoms with van der Waals surface area (Å²) in [7, 11) is 0. The molecule has 0 bridgehead atoms. The highest BCUT2D eigenvalue weighted by molar-refractivity contribution is 9.10. The lowest BCUT2D eigenvalue weighted by atomic mass is 10.3. The van der Waals surface area contributed by atoms with E-state index in [9.17, 15) is 14.4 Å².